The number of carbonyl (C=O) groups is 3. The number of aliphatic carboxylic acids is 1. The van der Waals surface area contributed by atoms with Crippen LogP contribution in [0.25, 0.3) is 0 Å². The Hall–Kier alpha value is -2.08. The summed E-state index contributed by atoms with van der Waals surface area (Å²) in [5.41, 5.74) is -0.433. The molecule has 0 unspecified atom stereocenters. The number of rotatable bonds is 4. The Bertz CT molecular complexity index is 639. The minimum atomic E-state index is -1.12. The first-order chi connectivity index (χ1) is 10.4. The summed E-state index contributed by atoms with van der Waals surface area (Å²) in [4.78, 5) is 36.9. The van der Waals surface area contributed by atoms with Crippen LogP contribution < -0.4 is 10.2 Å². The molecule has 1 saturated heterocycles. The van der Waals surface area contributed by atoms with Crippen molar-refractivity contribution >= 4 is 35.1 Å². The molecule has 1 aliphatic carbocycles. The molecule has 116 valence electrons. The Morgan fingerprint density at radius 1 is 1.27 bits per heavy atom. The molecule has 0 radical (unpaired) electrons. The highest BCUT2D eigenvalue weighted by atomic mass is 35.5. The molecule has 3 rings (SSSR count). The molecule has 1 saturated carbocycles. The lowest BCUT2D eigenvalue weighted by Crippen LogP contribution is -2.46. The molecule has 2 N–H and O–H groups in total. The van der Waals surface area contributed by atoms with E-state index in [1.807, 2.05) is 0 Å². The number of benzene rings is 1. The Morgan fingerprint density at radius 3 is 2.45 bits per heavy atom. The van der Waals surface area contributed by atoms with E-state index in [2.05, 4.69) is 5.32 Å². The maximum Gasteiger partial charge on any atom is 0.329 e. The Morgan fingerprint density at radius 2 is 1.91 bits per heavy atom. The van der Waals surface area contributed by atoms with Gasteiger partial charge in [0.25, 0.3) is 0 Å². The lowest BCUT2D eigenvalue weighted by Gasteiger charge is -2.18. The van der Waals surface area contributed by atoms with Crippen molar-refractivity contribution in [2.45, 2.75) is 24.8 Å². The predicted octanol–water partition coefficient (Wildman–Crippen LogP) is 1.43. The third-order valence-corrected chi connectivity index (χ3v) is 4.41. The molecule has 1 aromatic rings. The van der Waals surface area contributed by atoms with Gasteiger partial charge in [0, 0.05) is 23.7 Å². The van der Waals surface area contributed by atoms with E-state index in [1.54, 1.807) is 24.3 Å². The van der Waals surface area contributed by atoms with E-state index in [0.717, 1.165) is 0 Å². The summed E-state index contributed by atoms with van der Waals surface area (Å²) in [5, 5.41) is 12.2. The molecule has 7 heteroatoms. The number of carboxylic acid groups (broad SMARTS) is 1. The quantitative estimate of drug-likeness (QED) is 0.878. The molecular formula is C15H15ClN2O4. The van der Waals surface area contributed by atoms with Gasteiger partial charge in [0.15, 0.2) is 0 Å². The van der Waals surface area contributed by atoms with Crippen LogP contribution in [0.4, 0.5) is 5.69 Å². The number of halogens is 1. The molecular weight excluding hydrogens is 308 g/mol. The second-order valence-electron chi connectivity index (χ2n) is 5.76. The first-order valence-electron chi connectivity index (χ1n) is 7.03. The summed E-state index contributed by atoms with van der Waals surface area (Å²) in [6.45, 7) is 0.252. The molecule has 1 atom stereocenters. The number of nitrogens with zero attached hydrogens (tertiary/aromatic N) is 1. The van der Waals surface area contributed by atoms with E-state index in [0.29, 0.717) is 23.6 Å². The predicted molar refractivity (Wildman–Crippen MR) is 79.7 cm³/mol. The highest BCUT2D eigenvalue weighted by Gasteiger charge is 2.52. The minimum absolute atomic E-state index is 0.0875. The van der Waals surface area contributed by atoms with Gasteiger partial charge in [-0.1, -0.05) is 11.6 Å². The van der Waals surface area contributed by atoms with E-state index in [4.69, 9.17) is 16.7 Å². The molecule has 6 nitrogen and oxygen atoms in total. The van der Waals surface area contributed by atoms with Crippen molar-refractivity contribution in [3.05, 3.63) is 29.3 Å². The van der Waals surface area contributed by atoms with Crippen LogP contribution >= 0.6 is 11.6 Å². The monoisotopic (exact) mass is 322 g/mol. The number of amides is 2. The number of anilines is 1. The van der Waals surface area contributed by atoms with Crippen molar-refractivity contribution in [1.29, 1.82) is 0 Å². The van der Waals surface area contributed by atoms with Crippen molar-refractivity contribution in [3.63, 3.8) is 0 Å². The maximum atomic E-state index is 12.2. The van der Waals surface area contributed by atoms with Crippen LogP contribution in [0.15, 0.2) is 24.3 Å². The highest BCUT2D eigenvalue weighted by Crippen LogP contribution is 2.36. The molecule has 0 bridgehead atoms. The lowest BCUT2D eigenvalue weighted by molar-refractivity contribution is -0.143. The van der Waals surface area contributed by atoms with E-state index in [-0.39, 0.29) is 24.8 Å². The number of nitrogens with one attached hydrogen (secondary N) is 1. The van der Waals surface area contributed by atoms with Gasteiger partial charge in [-0.15, -0.1) is 0 Å². The number of hydrogen-bond donors (Lipinski definition) is 2. The number of hydrogen-bond acceptors (Lipinski definition) is 3. The van der Waals surface area contributed by atoms with Gasteiger partial charge in [-0.05, 0) is 37.1 Å². The van der Waals surface area contributed by atoms with Gasteiger partial charge in [0.2, 0.25) is 11.8 Å². The van der Waals surface area contributed by atoms with Crippen molar-refractivity contribution in [3.8, 4) is 0 Å². The zero-order chi connectivity index (χ0) is 15.9. The fourth-order valence-electron chi connectivity index (χ4n) is 2.61. The van der Waals surface area contributed by atoms with Crippen LogP contribution in [-0.4, -0.2) is 35.0 Å². The van der Waals surface area contributed by atoms with E-state index < -0.39 is 17.4 Å². The molecule has 2 amide bonds. The molecule has 1 heterocycles. The number of carbonyl (C=O) groups excluding carboxylic acids is 2. The van der Waals surface area contributed by atoms with Crippen LogP contribution in [0.1, 0.15) is 19.3 Å². The van der Waals surface area contributed by atoms with Crippen LogP contribution in [0.3, 0.4) is 0 Å². The van der Waals surface area contributed by atoms with E-state index >= 15 is 0 Å². The lowest BCUT2D eigenvalue weighted by atomic mass is 10.1. The molecule has 2 aliphatic rings. The van der Waals surface area contributed by atoms with E-state index in [1.165, 1.54) is 4.90 Å². The van der Waals surface area contributed by atoms with E-state index in [9.17, 15) is 14.4 Å². The van der Waals surface area contributed by atoms with Crippen LogP contribution in [0.2, 0.25) is 5.02 Å². The van der Waals surface area contributed by atoms with Crippen LogP contribution in [0.5, 0.6) is 0 Å². The first-order valence-corrected chi connectivity index (χ1v) is 7.40. The summed E-state index contributed by atoms with van der Waals surface area (Å²) in [6.07, 6.45) is 0.968. The molecule has 1 aliphatic heterocycles. The summed E-state index contributed by atoms with van der Waals surface area (Å²) in [5.74, 6) is -2.06. The summed E-state index contributed by atoms with van der Waals surface area (Å²) in [6, 6.07) is 6.81. The average Bonchev–Trinajstić information content (AvgIpc) is 3.15. The number of carboxylic acids is 1. The van der Waals surface area contributed by atoms with Crippen molar-refractivity contribution in [2.24, 2.45) is 5.92 Å². The third kappa shape index (κ3) is 2.66. The second kappa shape index (κ2) is 5.28. The average molecular weight is 323 g/mol. The normalized spacial score (nSPS) is 22.5. The zero-order valence-corrected chi connectivity index (χ0v) is 12.5. The molecule has 2 fully saturated rings. The van der Waals surface area contributed by atoms with Gasteiger partial charge in [-0.25, -0.2) is 4.79 Å². The molecule has 22 heavy (non-hydrogen) atoms. The van der Waals surface area contributed by atoms with Crippen molar-refractivity contribution in [1.82, 2.24) is 5.32 Å². The van der Waals surface area contributed by atoms with Gasteiger partial charge in [-0.2, -0.15) is 0 Å². The minimum Gasteiger partial charge on any atom is -0.480 e. The molecule has 0 spiro atoms. The fourth-order valence-corrected chi connectivity index (χ4v) is 2.73. The molecule has 1 aromatic carbocycles. The van der Waals surface area contributed by atoms with Gasteiger partial charge >= 0.3 is 5.97 Å². The van der Waals surface area contributed by atoms with Gasteiger partial charge in [0.05, 0.1) is 5.92 Å². The second-order valence-corrected chi connectivity index (χ2v) is 6.19. The summed E-state index contributed by atoms with van der Waals surface area (Å²) in [7, 11) is 0. The summed E-state index contributed by atoms with van der Waals surface area (Å²) < 4.78 is 0. The Kier molecular flexibility index (Phi) is 3.56. The van der Waals surface area contributed by atoms with Crippen molar-refractivity contribution in [2.75, 3.05) is 11.4 Å². The standard InChI is InChI=1S/C15H15ClN2O4/c16-10-1-3-11(4-2-10)18-8-9(7-12(18)19)13(20)17-15(5-6-15)14(21)22/h1-4,9H,5-8H2,(H,17,20)(H,21,22)/t9-/m1/s1. The van der Waals surface area contributed by atoms with Gasteiger partial charge < -0.3 is 15.3 Å². The van der Waals surface area contributed by atoms with Crippen LogP contribution in [0, 0.1) is 5.92 Å². The first kappa shape index (κ1) is 14.8. The molecule has 0 aromatic heterocycles. The highest BCUT2D eigenvalue weighted by molar-refractivity contribution is 6.30. The van der Waals surface area contributed by atoms with Gasteiger partial charge in [-0.3, -0.25) is 9.59 Å². The third-order valence-electron chi connectivity index (χ3n) is 4.16. The van der Waals surface area contributed by atoms with Crippen LogP contribution in [-0.2, 0) is 14.4 Å². The SMILES string of the molecule is O=C(NC1(C(=O)O)CC1)[C@@H]1CC(=O)N(c2ccc(Cl)cc2)C1. The van der Waals surface area contributed by atoms with Crippen molar-refractivity contribution < 1.29 is 19.5 Å². The fraction of sp³-hybridized carbons (Fsp3) is 0.400. The topological polar surface area (TPSA) is 86.7 Å². The maximum absolute atomic E-state index is 12.2. The smallest absolute Gasteiger partial charge is 0.329 e. The largest absolute Gasteiger partial charge is 0.480 e. The summed E-state index contributed by atoms with van der Waals surface area (Å²) >= 11 is 5.82. The van der Waals surface area contributed by atoms with Gasteiger partial charge in [0.1, 0.15) is 5.54 Å². The zero-order valence-electron chi connectivity index (χ0n) is 11.7. The Labute approximate surface area is 132 Å². The Balaban J connectivity index is 1.68.